The van der Waals surface area contributed by atoms with Crippen LogP contribution in [-0.2, 0) is 0 Å². The van der Waals surface area contributed by atoms with Crippen molar-refractivity contribution < 1.29 is 5.11 Å². The molecule has 19 heavy (non-hydrogen) atoms. The van der Waals surface area contributed by atoms with Crippen LogP contribution in [0.5, 0.6) is 0 Å². The molecule has 1 aliphatic heterocycles. The van der Waals surface area contributed by atoms with Crippen molar-refractivity contribution >= 4 is 21.6 Å². The van der Waals surface area contributed by atoms with Crippen LogP contribution in [0.3, 0.4) is 0 Å². The Kier molecular flexibility index (Phi) is 4.57. The highest BCUT2D eigenvalue weighted by atomic mass is 79.9. The van der Waals surface area contributed by atoms with Gasteiger partial charge in [0, 0.05) is 23.2 Å². The van der Waals surface area contributed by atoms with Gasteiger partial charge in [0.2, 0.25) is 0 Å². The molecule has 1 atom stereocenters. The molecule has 1 heterocycles. The lowest BCUT2D eigenvalue weighted by molar-refractivity contribution is 0.198. The SMILES string of the molecule is CCC1(C)CCN(c2ccc([C@H](C)O)c(Br)c2)CC1. The molecule has 0 aliphatic carbocycles. The average molecular weight is 326 g/mol. The van der Waals surface area contributed by atoms with Crippen molar-refractivity contribution in [2.45, 2.75) is 46.1 Å². The number of anilines is 1. The molecule has 0 amide bonds. The van der Waals surface area contributed by atoms with Gasteiger partial charge in [0.1, 0.15) is 0 Å². The van der Waals surface area contributed by atoms with Gasteiger partial charge >= 0.3 is 0 Å². The van der Waals surface area contributed by atoms with Gasteiger partial charge in [-0.3, -0.25) is 0 Å². The van der Waals surface area contributed by atoms with Crippen LogP contribution in [0.15, 0.2) is 22.7 Å². The standard InChI is InChI=1S/C16H24BrNO/c1-4-16(3)7-9-18(10-8-16)13-5-6-14(12(2)19)15(17)11-13/h5-6,11-12,19H,4,7-10H2,1-3H3/t12-/m0/s1. The molecule has 0 radical (unpaired) electrons. The predicted octanol–water partition coefficient (Wildman–Crippen LogP) is 4.52. The van der Waals surface area contributed by atoms with Gasteiger partial charge in [-0.2, -0.15) is 0 Å². The summed E-state index contributed by atoms with van der Waals surface area (Å²) < 4.78 is 1.00. The van der Waals surface area contributed by atoms with Crippen molar-refractivity contribution in [3.8, 4) is 0 Å². The summed E-state index contributed by atoms with van der Waals surface area (Å²) in [6, 6.07) is 6.29. The summed E-state index contributed by atoms with van der Waals surface area (Å²) in [6.45, 7) is 8.75. The zero-order chi connectivity index (χ0) is 14.0. The Morgan fingerprint density at radius 1 is 1.37 bits per heavy atom. The number of hydrogen-bond donors (Lipinski definition) is 1. The highest BCUT2D eigenvalue weighted by molar-refractivity contribution is 9.10. The molecule has 0 bridgehead atoms. The van der Waals surface area contributed by atoms with Gasteiger partial charge < -0.3 is 10.0 Å². The minimum atomic E-state index is -0.423. The topological polar surface area (TPSA) is 23.5 Å². The summed E-state index contributed by atoms with van der Waals surface area (Å²) in [7, 11) is 0. The molecule has 1 aromatic carbocycles. The van der Waals surface area contributed by atoms with Crippen molar-refractivity contribution in [3.63, 3.8) is 0 Å². The Morgan fingerprint density at radius 2 is 2.00 bits per heavy atom. The third-order valence-corrected chi connectivity index (χ3v) is 5.31. The maximum absolute atomic E-state index is 9.66. The Hall–Kier alpha value is -0.540. The second kappa shape index (κ2) is 5.84. The van der Waals surface area contributed by atoms with E-state index in [0.29, 0.717) is 5.41 Å². The van der Waals surface area contributed by atoms with Crippen LogP contribution in [0.25, 0.3) is 0 Å². The molecule has 2 nitrogen and oxygen atoms in total. The van der Waals surface area contributed by atoms with Gasteiger partial charge in [-0.05, 0) is 42.9 Å². The molecular weight excluding hydrogens is 302 g/mol. The van der Waals surface area contributed by atoms with Crippen LogP contribution in [-0.4, -0.2) is 18.2 Å². The van der Waals surface area contributed by atoms with E-state index in [4.69, 9.17) is 0 Å². The van der Waals surface area contributed by atoms with Crippen molar-refractivity contribution in [2.75, 3.05) is 18.0 Å². The number of hydrogen-bond acceptors (Lipinski definition) is 2. The first kappa shape index (κ1) is 14.9. The molecule has 1 saturated heterocycles. The third-order valence-electron chi connectivity index (χ3n) is 4.62. The molecule has 0 saturated carbocycles. The van der Waals surface area contributed by atoms with Crippen LogP contribution < -0.4 is 4.90 Å². The zero-order valence-electron chi connectivity index (χ0n) is 12.1. The average Bonchev–Trinajstić information content (AvgIpc) is 2.39. The fraction of sp³-hybridized carbons (Fsp3) is 0.625. The van der Waals surface area contributed by atoms with Crippen LogP contribution in [0.1, 0.15) is 51.7 Å². The van der Waals surface area contributed by atoms with E-state index in [1.165, 1.54) is 24.9 Å². The second-order valence-corrected chi connectivity index (χ2v) is 6.89. The molecular formula is C16H24BrNO. The maximum Gasteiger partial charge on any atom is 0.0772 e. The van der Waals surface area contributed by atoms with Gasteiger partial charge in [-0.15, -0.1) is 0 Å². The number of piperidine rings is 1. The monoisotopic (exact) mass is 325 g/mol. The van der Waals surface area contributed by atoms with Gasteiger partial charge in [0.15, 0.2) is 0 Å². The lowest BCUT2D eigenvalue weighted by atomic mass is 9.78. The summed E-state index contributed by atoms with van der Waals surface area (Å²) in [5.41, 5.74) is 2.74. The van der Waals surface area contributed by atoms with Gasteiger partial charge in [0.05, 0.1) is 6.10 Å². The highest BCUT2D eigenvalue weighted by Crippen LogP contribution is 2.36. The van der Waals surface area contributed by atoms with Crippen LogP contribution in [0, 0.1) is 5.41 Å². The fourth-order valence-corrected chi connectivity index (χ4v) is 3.41. The number of nitrogens with zero attached hydrogens (tertiary/aromatic N) is 1. The van der Waals surface area contributed by atoms with E-state index >= 15 is 0 Å². The number of rotatable bonds is 3. The minimum Gasteiger partial charge on any atom is -0.389 e. The molecule has 1 aromatic rings. The van der Waals surface area contributed by atoms with Gasteiger partial charge in [0.25, 0.3) is 0 Å². The van der Waals surface area contributed by atoms with E-state index in [9.17, 15) is 5.11 Å². The van der Waals surface area contributed by atoms with E-state index in [2.05, 4.69) is 46.8 Å². The molecule has 3 heteroatoms. The Labute approximate surface area is 124 Å². The van der Waals surface area contributed by atoms with E-state index in [-0.39, 0.29) is 0 Å². The predicted molar refractivity (Wildman–Crippen MR) is 84.6 cm³/mol. The van der Waals surface area contributed by atoms with Crippen molar-refractivity contribution in [1.82, 2.24) is 0 Å². The van der Waals surface area contributed by atoms with Crippen LogP contribution in [0.4, 0.5) is 5.69 Å². The van der Waals surface area contributed by atoms with Crippen molar-refractivity contribution in [2.24, 2.45) is 5.41 Å². The summed E-state index contributed by atoms with van der Waals surface area (Å²) in [4.78, 5) is 2.45. The first-order valence-corrected chi connectivity index (χ1v) is 7.97. The van der Waals surface area contributed by atoms with Gasteiger partial charge in [-0.1, -0.05) is 42.3 Å². The summed E-state index contributed by atoms with van der Waals surface area (Å²) in [5.74, 6) is 0. The molecule has 2 rings (SSSR count). The summed E-state index contributed by atoms with van der Waals surface area (Å²) in [6.07, 6.45) is 3.37. The Bertz CT molecular complexity index is 436. The molecule has 1 aliphatic rings. The van der Waals surface area contributed by atoms with E-state index in [1.807, 2.05) is 6.07 Å². The fourth-order valence-electron chi connectivity index (χ4n) is 2.71. The number of benzene rings is 1. The van der Waals surface area contributed by atoms with E-state index in [0.717, 1.165) is 23.1 Å². The molecule has 0 spiro atoms. The van der Waals surface area contributed by atoms with Crippen LogP contribution in [0.2, 0.25) is 0 Å². The van der Waals surface area contributed by atoms with Gasteiger partial charge in [-0.25, -0.2) is 0 Å². The summed E-state index contributed by atoms with van der Waals surface area (Å²) >= 11 is 3.56. The smallest absolute Gasteiger partial charge is 0.0772 e. The lowest BCUT2D eigenvalue weighted by Crippen LogP contribution is -2.38. The normalized spacial score (nSPS) is 20.4. The summed E-state index contributed by atoms with van der Waals surface area (Å²) in [5, 5.41) is 9.66. The maximum atomic E-state index is 9.66. The molecule has 0 unspecified atom stereocenters. The second-order valence-electron chi connectivity index (χ2n) is 6.03. The molecule has 106 valence electrons. The van der Waals surface area contributed by atoms with Crippen molar-refractivity contribution in [3.05, 3.63) is 28.2 Å². The Balaban J connectivity index is 2.10. The first-order valence-electron chi connectivity index (χ1n) is 7.18. The highest BCUT2D eigenvalue weighted by Gasteiger charge is 2.28. The van der Waals surface area contributed by atoms with E-state index < -0.39 is 6.10 Å². The number of aliphatic hydroxyl groups is 1. The van der Waals surface area contributed by atoms with Crippen molar-refractivity contribution in [1.29, 1.82) is 0 Å². The lowest BCUT2D eigenvalue weighted by Gasteiger charge is -2.40. The Morgan fingerprint density at radius 3 is 2.47 bits per heavy atom. The quantitative estimate of drug-likeness (QED) is 0.883. The third kappa shape index (κ3) is 3.32. The number of aliphatic hydroxyl groups excluding tert-OH is 1. The molecule has 1 N–H and O–H groups in total. The molecule has 1 fully saturated rings. The van der Waals surface area contributed by atoms with Crippen LogP contribution >= 0.6 is 15.9 Å². The minimum absolute atomic E-state index is 0.423. The molecule has 0 aromatic heterocycles. The number of halogens is 1. The largest absolute Gasteiger partial charge is 0.389 e. The van der Waals surface area contributed by atoms with E-state index in [1.54, 1.807) is 6.92 Å². The first-order chi connectivity index (χ1) is 8.95. The zero-order valence-corrected chi connectivity index (χ0v) is 13.7.